The monoisotopic (exact) mass is 360 g/mol. The first-order valence-electron chi connectivity index (χ1n) is 9.55. The number of ether oxygens (including phenoxy) is 1. The van der Waals surface area contributed by atoms with Crippen LogP contribution < -0.4 is 10.1 Å². The van der Waals surface area contributed by atoms with E-state index in [0.717, 1.165) is 17.9 Å². The predicted octanol–water partition coefficient (Wildman–Crippen LogP) is 3.89. The minimum Gasteiger partial charge on any atom is -0.493 e. The van der Waals surface area contributed by atoms with Crippen molar-refractivity contribution in [2.24, 2.45) is 11.8 Å². The van der Waals surface area contributed by atoms with Crippen molar-refractivity contribution in [2.45, 2.75) is 45.4 Å². The second-order valence-electron chi connectivity index (χ2n) is 7.50. The van der Waals surface area contributed by atoms with Gasteiger partial charge in [0.25, 0.3) is 0 Å². The van der Waals surface area contributed by atoms with Gasteiger partial charge in [-0.15, -0.1) is 0 Å². The minimum atomic E-state index is -0.839. The summed E-state index contributed by atoms with van der Waals surface area (Å²) in [5, 5.41) is 11.9. The van der Waals surface area contributed by atoms with Crippen LogP contribution in [0.2, 0.25) is 0 Å². The summed E-state index contributed by atoms with van der Waals surface area (Å²) in [6, 6.07) is 5.40. The highest BCUT2D eigenvalue weighted by molar-refractivity contribution is 5.90. The third kappa shape index (κ3) is 4.68. The topological polar surface area (TPSA) is 78.9 Å². The van der Waals surface area contributed by atoms with E-state index in [1.807, 2.05) is 25.1 Å². The zero-order valence-corrected chi connectivity index (χ0v) is 15.4. The molecular formula is C20H28N2O4. The van der Waals surface area contributed by atoms with Crippen LogP contribution in [0.3, 0.4) is 0 Å². The number of benzene rings is 1. The lowest BCUT2D eigenvalue weighted by molar-refractivity contribution is -0.141. The van der Waals surface area contributed by atoms with Crippen LogP contribution in [0.5, 0.6) is 5.75 Å². The molecule has 0 bridgehead atoms. The number of anilines is 1. The Kier molecular flexibility index (Phi) is 6.01. The maximum absolute atomic E-state index is 12.4. The molecule has 6 nitrogen and oxygen atoms in total. The molecule has 2 fully saturated rings. The van der Waals surface area contributed by atoms with Gasteiger partial charge in [0, 0.05) is 24.8 Å². The van der Waals surface area contributed by atoms with Gasteiger partial charge in [0.2, 0.25) is 0 Å². The molecule has 1 heterocycles. The van der Waals surface area contributed by atoms with Crippen molar-refractivity contribution in [3.8, 4) is 5.75 Å². The van der Waals surface area contributed by atoms with Gasteiger partial charge in [-0.2, -0.15) is 0 Å². The molecular weight excluding hydrogens is 332 g/mol. The van der Waals surface area contributed by atoms with E-state index in [1.165, 1.54) is 32.1 Å². The molecule has 2 amide bonds. The number of rotatable bonds is 5. The first-order chi connectivity index (χ1) is 12.5. The summed E-state index contributed by atoms with van der Waals surface area (Å²) in [6.45, 7) is 3.46. The maximum Gasteiger partial charge on any atom is 0.321 e. The van der Waals surface area contributed by atoms with Crippen molar-refractivity contribution in [2.75, 3.05) is 25.0 Å². The maximum atomic E-state index is 12.4. The van der Waals surface area contributed by atoms with Crippen molar-refractivity contribution in [1.29, 1.82) is 0 Å². The highest BCUT2D eigenvalue weighted by Gasteiger charge is 2.30. The molecule has 1 unspecified atom stereocenters. The fourth-order valence-electron chi connectivity index (χ4n) is 3.74. The van der Waals surface area contributed by atoms with Gasteiger partial charge in [-0.3, -0.25) is 4.79 Å². The number of hydrogen-bond acceptors (Lipinski definition) is 3. The average molecular weight is 360 g/mol. The number of hydrogen-bond donors (Lipinski definition) is 2. The third-order valence-electron chi connectivity index (χ3n) is 5.46. The Morgan fingerprint density at radius 1 is 1.23 bits per heavy atom. The van der Waals surface area contributed by atoms with E-state index in [0.29, 0.717) is 24.6 Å². The van der Waals surface area contributed by atoms with Crippen LogP contribution in [0, 0.1) is 18.8 Å². The van der Waals surface area contributed by atoms with Crippen LogP contribution in [-0.4, -0.2) is 41.7 Å². The summed E-state index contributed by atoms with van der Waals surface area (Å²) < 4.78 is 6.03. The van der Waals surface area contributed by atoms with E-state index in [9.17, 15) is 9.59 Å². The lowest BCUT2D eigenvalue weighted by atomic mass is 9.90. The quantitative estimate of drug-likeness (QED) is 0.835. The van der Waals surface area contributed by atoms with Crippen LogP contribution in [0.4, 0.5) is 10.5 Å². The number of urea groups is 1. The fraction of sp³-hybridized carbons (Fsp3) is 0.600. The first kappa shape index (κ1) is 18.5. The molecule has 2 aliphatic rings. The van der Waals surface area contributed by atoms with E-state index in [4.69, 9.17) is 9.84 Å². The summed E-state index contributed by atoms with van der Waals surface area (Å²) in [5.41, 5.74) is 1.73. The Morgan fingerprint density at radius 2 is 2.00 bits per heavy atom. The standard InChI is InChI=1S/C20H28N2O4/c1-14-7-8-17(11-18(14)26-13-15-5-3-2-4-6-15)21-20(25)22-10-9-16(12-22)19(23)24/h7-8,11,15-16H,2-6,9-10,12-13H2,1H3,(H,21,25)(H,23,24). The third-order valence-corrected chi connectivity index (χ3v) is 5.46. The summed E-state index contributed by atoms with van der Waals surface area (Å²) in [7, 11) is 0. The molecule has 0 spiro atoms. The van der Waals surface area contributed by atoms with Crippen LogP contribution in [0.15, 0.2) is 18.2 Å². The summed E-state index contributed by atoms with van der Waals surface area (Å²) in [4.78, 5) is 25.0. The van der Waals surface area contributed by atoms with E-state index < -0.39 is 11.9 Å². The second-order valence-corrected chi connectivity index (χ2v) is 7.50. The lowest BCUT2D eigenvalue weighted by Crippen LogP contribution is -2.33. The van der Waals surface area contributed by atoms with Gasteiger partial charge in [0.1, 0.15) is 5.75 Å². The largest absolute Gasteiger partial charge is 0.493 e. The summed E-state index contributed by atoms with van der Waals surface area (Å²) >= 11 is 0. The van der Waals surface area contributed by atoms with Gasteiger partial charge in [-0.05, 0) is 43.7 Å². The van der Waals surface area contributed by atoms with Gasteiger partial charge in [-0.25, -0.2) is 4.79 Å². The molecule has 1 aromatic rings. The van der Waals surface area contributed by atoms with Crippen LogP contribution in [-0.2, 0) is 4.79 Å². The smallest absolute Gasteiger partial charge is 0.321 e. The molecule has 3 rings (SSSR count). The normalized spacial score (nSPS) is 20.8. The highest BCUT2D eigenvalue weighted by atomic mass is 16.5. The van der Waals surface area contributed by atoms with Crippen LogP contribution in [0.1, 0.15) is 44.1 Å². The zero-order valence-electron chi connectivity index (χ0n) is 15.4. The van der Waals surface area contributed by atoms with Gasteiger partial charge in [0.05, 0.1) is 12.5 Å². The Bertz CT molecular complexity index is 655. The number of carboxylic acid groups (broad SMARTS) is 1. The fourth-order valence-corrected chi connectivity index (χ4v) is 3.74. The van der Waals surface area contributed by atoms with E-state index >= 15 is 0 Å². The highest BCUT2D eigenvalue weighted by Crippen LogP contribution is 2.28. The molecule has 1 aromatic carbocycles. The number of aliphatic carboxylic acids is 1. The van der Waals surface area contributed by atoms with E-state index in [1.54, 1.807) is 4.90 Å². The molecule has 1 saturated heterocycles. The average Bonchev–Trinajstić information content (AvgIpc) is 3.14. The van der Waals surface area contributed by atoms with Crippen molar-refractivity contribution in [3.63, 3.8) is 0 Å². The molecule has 1 aliphatic carbocycles. The molecule has 142 valence electrons. The van der Waals surface area contributed by atoms with Crippen molar-refractivity contribution in [3.05, 3.63) is 23.8 Å². The van der Waals surface area contributed by atoms with Crippen molar-refractivity contribution >= 4 is 17.7 Å². The second kappa shape index (κ2) is 8.43. The summed E-state index contributed by atoms with van der Waals surface area (Å²) in [5.74, 6) is 0.124. The Labute approximate surface area is 154 Å². The van der Waals surface area contributed by atoms with Gasteiger partial charge >= 0.3 is 12.0 Å². The molecule has 1 saturated carbocycles. The van der Waals surface area contributed by atoms with Crippen LogP contribution in [0.25, 0.3) is 0 Å². The van der Waals surface area contributed by atoms with Crippen molar-refractivity contribution in [1.82, 2.24) is 4.90 Å². The zero-order chi connectivity index (χ0) is 18.5. The Hall–Kier alpha value is -2.24. The Morgan fingerprint density at radius 3 is 2.69 bits per heavy atom. The summed E-state index contributed by atoms with van der Waals surface area (Å²) in [6.07, 6.45) is 6.87. The molecule has 1 atom stereocenters. The lowest BCUT2D eigenvalue weighted by Gasteiger charge is -2.22. The molecule has 0 radical (unpaired) electrons. The Balaban J connectivity index is 1.56. The minimum absolute atomic E-state index is 0.254. The molecule has 26 heavy (non-hydrogen) atoms. The number of carbonyl (C=O) groups is 2. The van der Waals surface area contributed by atoms with Gasteiger partial charge in [0.15, 0.2) is 0 Å². The molecule has 0 aromatic heterocycles. The first-order valence-corrected chi connectivity index (χ1v) is 9.55. The van der Waals surface area contributed by atoms with Crippen LogP contribution >= 0.6 is 0 Å². The SMILES string of the molecule is Cc1ccc(NC(=O)N2CCC(C(=O)O)C2)cc1OCC1CCCCC1. The molecule has 2 N–H and O–H groups in total. The molecule has 6 heteroatoms. The van der Waals surface area contributed by atoms with Gasteiger partial charge < -0.3 is 20.1 Å². The number of likely N-dealkylation sites (tertiary alicyclic amines) is 1. The number of amides is 2. The number of nitrogens with zero attached hydrogens (tertiary/aromatic N) is 1. The number of carboxylic acids is 1. The van der Waals surface area contributed by atoms with E-state index in [2.05, 4.69) is 5.32 Å². The predicted molar refractivity (Wildman–Crippen MR) is 99.6 cm³/mol. The number of nitrogens with one attached hydrogen (secondary N) is 1. The van der Waals surface area contributed by atoms with E-state index in [-0.39, 0.29) is 12.6 Å². The van der Waals surface area contributed by atoms with Crippen molar-refractivity contribution < 1.29 is 19.4 Å². The van der Waals surface area contributed by atoms with Gasteiger partial charge in [-0.1, -0.05) is 25.3 Å². The number of carbonyl (C=O) groups excluding carboxylic acids is 1. The number of aryl methyl sites for hydroxylation is 1. The molecule has 1 aliphatic heterocycles.